The lowest BCUT2D eigenvalue weighted by Gasteiger charge is -2.31. The summed E-state index contributed by atoms with van der Waals surface area (Å²) in [6.07, 6.45) is 9.10. The second-order valence-electron chi connectivity index (χ2n) is 8.40. The zero-order valence-electron chi connectivity index (χ0n) is 17.8. The van der Waals surface area contributed by atoms with Crippen molar-refractivity contribution in [3.8, 4) is 0 Å². The molecule has 0 spiro atoms. The van der Waals surface area contributed by atoms with E-state index in [4.69, 9.17) is 4.52 Å². The highest BCUT2D eigenvalue weighted by Crippen LogP contribution is 2.29. The number of carbonyl (C=O) groups is 1. The largest absolute Gasteiger partial charge is 0.355 e. The van der Waals surface area contributed by atoms with Crippen molar-refractivity contribution in [2.24, 2.45) is 5.92 Å². The minimum atomic E-state index is -3.83. The molecule has 1 saturated carbocycles. The summed E-state index contributed by atoms with van der Waals surface area (Å²) < 4.78 is 33.7. The summed E-state index contributed by atoms with van der Waals surface area (Å²) in [4.78, 5) is 12.8. The van der Waals surface area contributed by atoms with Crippen LogP contribution in [0.5, 0.6) is 0 Å². The number of carbonyl (C=O) groups excluding carboxylic acids is 1. The van der Waals surface area contributed by atoms with Crippen molar-refractivity contribution in [3.05, 3.63) is 47.3 Å². The van der Waals surface area contributed by atoms with Gasteiger partial charge in [-0.05, 0) is 44.2 Å². The standard InChI is InChI=1S/C23H29N3O4S/c1-17-22(21(30-25-17)14-13-18-8-3-2-4-9-18)31(28,29)26-15-7-10-19(16-26)23(27)24-20-11-5-6-12-20/h2-4,8-9,13-14,19-20H,5-7,10-12,15-16H2,1H3,(H,24,27)/b14-13+/t19-/m1/s1. The van der Waals surface area contributed by atoms with Crippen molar-refractivity contribution in [2.45, 2.75) is 56.4 Å². The molecule has 2 fully saturated rings. The Bertz CT molecular complexity index is 1040. The summed E-state index contributed by atoms with van der Waals surface area (Å²) in [5, 5.41) is 7.02. The Morgan fingerprint density at radius 2 is 1.87 bits per heavy atom. The molecule has 0 radical (unpaired) electrons. The van der Waals surface area contributed by atoms with Gasteiger partial charge in [0.15, 0.2) is 10.7 Å². The molecule has 8 heteroatoms. The van der Waals surface area contributed by atoms with Crippen LogP contribution >= 0.6 is 0 Å². The lowest BCUT2D eigenvalue weighted by Crippen LogP contribution is -2.47. The SMILES string of the molecule is Cc1noc(/C=C/c2ccccc2)c1S(=O)(=O)N1CCC[C@@H](C(=O)NC2CCCC2)C1. The van der Waals surface area contributed by atoms with Gasteiger partial charge in [0.1, 0.15) is 5.69 Å². The van der Waals surface area contributed by atoms with Crippen molar-refractivity contribution < 1.29 is 17.7 Å². The molecule has 1 aliphatic carbocycles. The second-order valence-corrected chi connectivity index (χ2v) is 10.3. The summed E-state index contributed by atoms with van der Waals surface area (Å²) >= 11 is 0. The van der Waals surface area contributed by atoms with E-state index in [1.807, 2.05) is 30.3 Å². The van der Waals surface area contributed by atoms with Gasteiger partial charge in [0, 0.05) is 19.1 Å². The molecule has 1 amide bonds. The van der Waals surface area contributed by atoms with E-state index in [9.17, 15) is 13.2 Å². The highest BCUT2D eigenvalue weighted by Gasteiger charge is 2.37. The van der Waals surface area contributed by atoms with E-state index in [-0.39, 0.29) is 35.1 Å². The molecule has 1 aromatic heterocycles. The van der Waals surface area contributed by atoms with Crippen LogP contribution in [0.3, 0.4) is 0 Å². The molecule has 1 aromatic carbocycles. The number of amides is 1. The third-order valence-corrected chi connectivity index (χ3v) is 8.14. The Morgan fingerprint density at radius 3 is 2.61 bits per heavy atom. The number of aryl methyl sites for hydroxylation is 1. The van der Waals surface area contributed by atoms with Crippen molar-refractivity contribution >= 4 is 28.1 Å². The van der Waals surface area contributed by atoms with Crippen LogP contribution in [0, 0.1) is 12.8 Å². The number of hydrogen-bond donors (Lipinski definition) is 1. The molecule has 31 heavy (non-hydrogen) atoms. The topological polar surface area (TPSA) is 92.5 Å². The molecule has 1 aliphatic heterocycles. The summed E-state index contributed by atoms with van der Waals surface area (Å²) in [6.45, 7) is 2.21. The Balaban J connectivity index is 1.52. The number of piperidine rings is 1. The number of hydrogen-bond acceptors (Lipinski definition) is 5. The molecular weight excluding hydrogens is 414 g/mol. The van der Waals surface area contributed by atoms with Crippen LogP contribution in [0.15, 0.2) is 39.8 Å². The first-order valence-corrected chi connectivity index (χ1v) is 12.4. The number of benzene rings is 1. The second kappa shape index (κ2) is 9.36. The fraction of sp³-hybridized carbons (Fsp3) is 0.478. The zero-order valence-corrected chi connectivity index (χ0v) is 18.6. The highest BCUT2D eigenvalue weighted by atomic mass is 32.2. The van der Waals surface area contributed by atoms with Crippen LogP contribution in [-0.2, 0) is 14.8 Å². The molecule has 1 saturated heterocycles. The maximum atomic E-state index is 13.5. The van der Waals surface area contributed by atoms with Crippen molar-refractivity contribution in [2.75, 3.05) is 13.1 Å². The van der Waals surface area contributed by atoms with Crippen molar-refractivity contribution in [3.63, 3.8) is 0 Å². The van der Waals surface area contributed by atoms with Crippen LogP contribution in [0.4, 0.5) is 0 Å². The summed E-state index contributed by atoms with van der Waals surface area (Å²) in [6, 6.07) is 9.81. The van der Waals surface area contributed by atoms with Gasteiger partial charge >= 0.3 is 0 Å². The molecule has 1 N–H and O–H groups in total. The molecule has 166 valence electrons. The Labute approximate surface area is 183 Å². The van der Waals surface area contributed by atoms with Gasteiger partial charge in [-0.15, -0.1) is 0 Å². The molecule has 4 rings (SSSR count). The summed E-state index contributed by atoms with van der Waals surface area (Å²) in [7, 11) is -3.83. The number of sulfonamides is 1. The number of nitrogens with zero attached hydrogens (tertiary/aromatic N) is 2. The minimum absolute atomic E-state index is 0.0296. The number of aromatic nitrogens is 1. The third kappa shape index (κ3) is 4.91. The molecular formula is C23H29N3O4S. The lowest BCUT2D eigenvalue weighted by molar-refractivity contribution is -0.126. The van der Waals surface area contributed by atoms with Crippen LogP contribution < -0.4 is 5.32 Å². The average molecular weight is 444 g/mol. The third-order valence-electron chi connectivity index (χ3n) is 6.11. The Morgan fingerprint density at radius 1 is 1.13 bits per heavy atom. The van der Waals surface area contributed by atoms with E-state index in [0.29, 0.717) is 25.1 Å². The first-order valence-electron chi connectivity index (χ1n) is 10.9. The van der Waals surface area contributed by atoms with E-state index in [1.165, 1.54) is 4.31 Å². The Hall–Kier alpha value is -2.45. The molecule has 2 heterocycles. The van der Waals surface area contributed by atoms with Gasteiger partial charge in [-0.25, -0.2) is 8.42 Å². The van der Waals surface area contributed by atoms with E-state index < -0.39 is 10.0 Å². The molecule has 0 bridgehead atoms. The summed E-state index contributed by atoms with van der Waals surface area (Å²) in [5.74, 6) is -0.149. The normalized spacial score (nSPS) is 21.0. The van der Waals surface area contributed by atoms with E-state index in [1.54, 1.807) is 19.1 Å². The average Bonchev–Trinajstić information content (AvgIpc) is 3.42. The maximum Gasteiger partial charge on any atom is 0.248 e. The van der Waals surface area contributed by atoms with Gasteiger partial charge in [-0.1, -0.05) is 54.4 Å². The number of rotatable bonds is 6. The van der Waals surface area contributed by atoms with Crippen LogP contribution in [-0.4, -0.2) is 42.9 Å². The lowest BCUT2D eigenvalue weighted by atomic mass is 9.98. The zero-order chi connectivity index (χ0) is 21.8. The molecule has 2 aromatic rings. The van der Waals surface area contributed by atoms with E-state index >= 15 is 0 Å². The quantitative estimate of drug-likeness (QED) is 0.736. The van der Waals surface area contributed by atoms with Gasteiger partial charge in [0.2, 0.25) is 15.9 Å². The summed E-state index contributed by atoms with van der Waals surface area (Å²) in [5.41, 5.74) is 1.26. The predicted octanol–water partition coefficient (Wildman–Crippen LogP) is 3.61. The first kappa shape index (κ1) is 21.8. The van der Waals surface area contributed by atoms with Crippen LogP contribution in [0.1, 0.15) is 55.5 Å². The fourth-order valence-corrected chi connectivity index (χ4v) is 6.20. The van der Waals surface area contributed by atoms with Gasteiger partial charge in [0.05, 0.1) is 5.92 Å². The predicted molar refractivity (Wildman–Crippen MR) is 118 cm³/mol. The molecule has 1 atom stereocenters. The first-order chi connectivity index (χ1) is 14.9. The van der Waals surface area contributed by atoms with Crippen molar-refractivity contribution in [1.29, 1.82) is 0 Å². The molecule has 7 nitrogen and oxygen atoms in total. The maximum absolute atomic E-state index is 13.5. The Kier molecular flexibility index (Phi) is 6.57. The van der Waals surface area contributed by atoms with Crippen LogP contribution in [0.2, 0.25) is 0 Å². The minimum Gasteiger partial charge on any atom is -0.355 e. The molecule has 2 aliphatic rings. The van der Waals surface area contributed by atoms with Crippen molar-refractivity contribution in [1.82, 2.24) is 14.8 Å². The van der Waals surface area contributed by atoms with Gasteiger partial charge in [-0.3, -0.25) is 4.79 Å². The molecule has 0 unspecified atom stereocenters. The monoisotopic (exact) mass is 443 g/mol. The number of nitrogens with one attached hydrogen (secondary N) is 1. The van der Waals surface area contributed by atoms with Gasteiger partial charge in [0.25, 0.3) is 0 Å². The van der Waals surface area contributed by atoms with Gasteiger partial charge in [-0.2, -0.15) is 4.31 Å². The highest BCUT2D eigenvalue weighted by molar-refractivity contribution is 7.89. The smallest absolute Gasteiger partial charge is 0.248 e. The van der Waals surface area contributed by atoms with Gasteiger partial charge < -0.3 is 9.84 Å². The fourth-order valence-electron chi connectivity index (χ4n) is 4.43. The van der Waals surface area contributed by atoms with E-state index in [2.05, 4.69) is 10.5 Å². The van der Waals surface area contributed by atoms with E-state index in [0.717, 1.165) is 31.2 Å². The van der Waals surface area contributed by atoms with Crippen LogP contribution in [0.25, 0.3) is 12.2 Å².